The second-order valence-electron chi connectivity index (χ2n) is 6.31. The highest BCUT2D eigenvalue weighted by Crippen LogP contribution is 2.23. The van der Waals surface area contributed by atoms with E-state index in [1.807, 2.05) is 6.07 Å². The number of benzene rings is 2. The molecule has 1 aliphatic rings. The van der Waals surface area contributed by atoms with Crippen LogP contribution in [0.1, 0.15) is 11.1 Å². The maximum Gasteiger partial charge on any atom is 0.244 e. The minimum absolute atomic E-state index is 0.00905. The van der Waals surface area contributed by atoms with Crippen molar-refractivity contribution in [3.63, 3.8) is 0 Å². The molecular formula is C19H17Cl2N3O3S. The van der Waals surface area contributed by atoms with Crippen LogP contribution in [0.25, 0.3) is 0 Å². The number of hydrogen-bond acceptors (Lipinski definition) is 4. The highest BCUT2D eigenvalue weighted by molar-refractivity contribution is 7.89. The largest absolute Gasteiger partial charge is 0.340 e. The van der Waals surface area contributed by atoms with Gasteiger partial charge in [-0.2, -0.15) is 9.57 Å². The van der Waals surface area contributed by atoms with Gasteiger partial charge in [-0.05, 0) is 29.8 Å². The fourth-order valence-corrected chi connectivity index (χ4v) is 5.08. The molecule has 1 heterocycles. The molecule has 0 bridgehead atoms. The van der Waals surface area contributed by atoms with Crippen LogP contribution in [-0.2, 0) is 21.2 Å². The van der Waals surface area contributed by atoms with Crippen molar-refractivity contribution in [2.75, 3.05) is 26.2 Å². The van der Waals surface area contributed by atoms with Crippen LogP contribution in [0.2, 0.25) is 10.0 Å². The lowest BCUT2D eigenvalue weighted by Crippen LogP contribution is -2.51. The van der Waals surface area contributed by atoms with Gasteiger partial charge in [0.2, 0.25) is 15.9 Å². The Labute approximate surface area is 173 Å². The molecule has 146 valence electrons. The van der Waals surface area contributed by atoms with Crippen molar-refractivity contribution in [1.29, 1.82) is 5.26 Å². The van der Waals surface area contributed by atoms with Gasteiger partial charge in [-0.1, -0.05) is 41.4 Å². The van der Waals surface area contributed by atoms with Gasteiger partial charge < -0.3 is 4.90 Å². The van der Waals surface area contributed by atoms with Crippen LogP contribution in [0.4, 0.5) is 0 Å². The lowest BCUT2D eigenvalue weighted by atomic mass is 10.1. The van der Waals surface area contributed by atoms with Crippen LogP contribution in [0.3, 0.4) is 0 Å². The molecule has 1 fully saturated rings. The summed E-state index contributed by atoms with van der Waals surface area (Å²) in [5.41, 5.74) is 0.785. The molecule has 1 saturated heterocycles. The lowest BCUT2D eigenvalue weighted by molar-refractivity contribution is -0.131. The second-order valence-corrected chi connectivity index (χ2v) is 9.06. The SMILES string of the molecule is N#Cc1ccccc1S(=O)(=O)N1CCN(C(=O)Cc2ccc(Cl)cc2Cl)CC1. The van der Waals surface area contributed by atoms with E-state index in [-0.39, 0.29) is 49.0 Å². The van der Waals surface area contributed by atoms with Gasteiger partial charge in [-0.25, -0.2) is 8.42 Å². The minimum atomic E-state index is -3.79. The first-order valence-corrected chi connectivity index (χ1v) is 10.7. The first kappa shape index (κ1) is 20.6. The van der Waals surface area contributed by atoms with Gasteiger partial charge in [0.05, 0.1) is 16.9 Å². The van der Waals surface area contributed by atoms with Gasteiger partial charge in [0, 0.05) is 36.2 Å². The Morgan fingerprint density at radius 3 is 2.39 bits per heavy atom. The summed E-state index contributed by atoms with van der Waals surface area (Å²) in [4.78, 5) is 14.2. The van der Waals surface area contributed by atoms with Gasteiger partial charge in [0.1, 0.15) is 6.07 Å². The number of halogens is 2. The molecule has 9 heteroatoms. The Morgan fingerprint density at radius 1 is 1.07 bits per heavy atom. The first-order valence-electron chi connectivity index (χ1n) is 8.54. The summed E-state index contributed by atoms with van der Waals surface area (Å²) in [6.07, 6.45) is 0.125. The Balaban J connectivity index is 1.67. The molecular weight excluding hydrogens is 421 g/mol. The van der Waals surface area contributed by atoms with Gasteiger partial charge >= 0.3 is 0 Å². The predicted molar refractivity (Wildman–Crippen MR) is 107 cm³/mol. The monoisotopic (exact) mass is 437 g/mol. The van der Waals surface area contributed by atoms with Crippen molar-refractivity contribution in [3.8, 4) is 6.07 Å². The van der Waals surface area contributed by atoms with Crippen molar-refractivity contribution in [1.82, 2.24) is 9.21 Å². The van der Waals surface area contributed by atoms with Crippen molar-refractivity contribution in [2.45, 2.75) is 11.3 Å². The highest BCUT2D eigenvalue weighted by atomic mass is 35.5. The van der Waals surface area contributed by atoms with Crippen molar-refractivity contribution >= 4 is 39.1 Å². The zero-order valence-corrected chi connectivity index (χ0v) is 17.1. The van der Waals surface area contributed by atoms with Crippen molar-refractivity contribution in [2.24, 2.45) is 0 Å². The average molecular weight is 438 g/mol. The van der Waals surface area contributed by atoms with Crippen LogP contribution in [0.15, 0.2) is 47.4 Å². The molecule has 0 N–H and O–H groups in total. The maximum atomic E-state index is 12.9. The molecule has 0 aliphatic carbocycles. The number of nitriles is 1. The van der Waals surface area contributed by atoms with Gasteiger partial charge in [-0.3, -0.25) is 4.79 Å². The molecule has 0 atom stereocenters. The molecule has 1 amide bonds. The molecule has 0 spiro atoms. The Morgan fingerprint density at radius 2 is 1.75 bits per heavy atom. The molecule has 0 unspecified atom stereocenters. The highest BCUT2D eigenvalue weighted by Gasteiger charge is 2.31. The van der Waals surface area contributed by atoms with Crippen LogP contribution in [0, 0.1) is 11.3 Å². The Bertz CT molecular complexity index is 1040. The summed E-state index contributed by atoms with van der Waals surface area (Å²) in [6.45, 7) is 0.889. The Hall–Kier alpha value is -2.11. The quantitative estimate of drug-likeness (QED) is 0.735. The van der Waals surface area contributed by atoms with Gasteiger partial charge in [-0.15, -0.1) is 0 Å². The number of nitrogens with zero attached hydrogens (tertiary/aromatic N) is 3. The van der Waals surface area contributed by atoms with E-state index in [0.717, 1.165) is 0 Å². The van der Waals surface area contributed by atoms with E-state index in [2.05, 4.69) is 0 Å². The predicted octanol–water partition coefficient (Wildman–Crippen LogP) is 2.94. The van der Waals surface area contributed by atoms with E-state index in [1.54, 1.807) is 35.2 Å². The van der Waals surface area contributed by atoms with Gasteiger partial charge in [0.15, 0.2) is 0 Å². The van der Waals surface area contributed by atoms with Crippen molar-refractivity contribution in [3.05, 3.63) is 63.6 Å². The first-order chi connectivity index (χ1) is 13.3. The third-order valence-electron chi connectivity index (χ3n) is 4.57. The number of carbonyl (C=O) groups is 1. The fourth-order valence-electron chi connectivity index (χ4n) is 3.04. The van der Waals surface area contributed by atoms with E-state index in [1.165, 1.54) is 16.4 Å². The molecule has 6 nitrogen and oxygen atoms in total. The molecule has 0 saturated carbocycles. The third kappa shape index (κ3) is 4.31. The summed E-state index contributed by atoms with van der Waals surface area (Å²) in [5, 5.41) is 10.1. The maximum absolute atomic E-state index is 12.9. The van der Waals surface area contributed by atoms with Crippen molar-refractivity contribution < 1.29 is 13.2 Å². The number of amides is 1. The zero-order valence-electron chi connectivity index (χ0n) is 14.8. The van der Waals surface area contributed by atoms with E-state index in [0.29, 0.717) is 15.6 Å². The molecule has 1 aliphatic heterocycles. The number of hydrogen-bond donors (Lipinski definition) is 0. The van der Waals surface area contributed by atoms with Crippen LogP contribution in [-0.4, -0.2) is 49.7 Å². The lowest BCUT2D eigenvalue weighted by Gasteiger charge is -2.34. The van der Waals surface area contributed by atoms with E-state index in [9.17, 15) is 13.2 Å². The average Bonchev–Trinajstić information content (AvgIpc) is 2.70. The summed E-state index contributed by atoms with van der Waals surface area (Å²) < 4.78 is 27.0. The molecule has 28 heavy (non-hydrogen) atoms. The van der Waals surface area contributed by atoms with E-state index in [4.69, 9.17) is 28.5 Å². The molecule has 2 aromatic rings. The number of piperazine rings is 1. The summed E-state index contributed by atoms with van der Waals surface area (Å²) in [5.74, 6) is -0.126. The fraction of sp³-hybridized carbons (Fsp3) is 0.263. The minimum Gasteiger partial charge on any atom is -0.340 e. The standard InChI is InChI=1S/C19H17Cl2N3O3S/c20-16-6-5-14(17(21)12-16)11-19(25)23-7-9-24(10-8-23)28(26,27)18-4-2-1-3-15(18)13-22/h1-6,12H,7-11H2. The van der Waals surface area contributed by atoms with Crippen LogP contribution >= 0.6 is 23.2 Å². The molecule has 3 rings (SSSR count). The zero-order chi connectivity index (χ0) is 20.3. The van der Waals surface area contributed by atoms with E-state index < -0.39 is 10.0 Å². The van der Waals surface area contributed by atoms with Crippen LogP contribution in [0.5, 0.6) is 0 Å². The Kier molecular flexibility index (Phi) is 6.26. The molecule has 0 radical (unpaired) electrons. The summed E-state index contributed by atoms with van der Waals surface area (Å²) in [6, 6.07) is 13.0. The number of sulfonamides is 1. The van der Waals surface area contributed by atoms with E-state index >= 15 is 0 Å². The summed E-state index contributed by atoms with van der Waals surface area (Å²) >= 11 is 12.0. The normalized spacial score (nSPS) is 15.2. The van der Waals surface area contributed by atoms with Crippen LogP contribution < -0.4 is 0 Å². The molecule has 0 aromatic heterocycles. The third-order valence-corrected chi connectivity index (χ3v) is 7.12. The number of rotatable bonds is 4. The summed E-state index contributed by atoms with van der Waals surface area (Å²) in [7, 11) is -3.79. The topological polar surface area (TPSA) is 81.5 Å². The van der Waals surface area contributed by atoms with Gasteiger partial charge in [0.25, 0.3) is 0 Å². The smallest absolute Gasteiger partial charge is 0.244 e. The second kappa shape index (κ2) is 8.50. The number of carbonyl (C=O) groups excluding carboxylic acids is 1. The molecule has 2 aromatic carbocycles.